The molecular weight excluding hydrogens is 339 g/mol. The van der Waals surface area contributed by atoms with Crippen LogP contribution in [0.15, 0.2) is 47.6 Å². The van der Waals surface area contributed by atoms with Crippen molar-refractivity contribution < 1.29 is 14.6 Å². The number of rotatable bonds is 5. The number of benzene rings is 2. The summed E-state index contributed by atoms with van der Waals surface area (Å²) < 4.78 is 5.30. The van der Waals surface area contributed by atoms with Gasteiger partial charge in [-0.1, -0.05) is 23.2 Å². The van der Waals surface area contributed by atoms with E-state index in [1.807, 2.05) is 0 Å². The molecule has 0 heterocycles. The molecule has 23 heavy (non-hydrogen) atoms. The second kappa shape index (κ2) is 7.85. The first kappa shape index (κ1) is 17.1. The predicted molar refractivity (Wildman–Crippen MR) is 90.4 cm³/mol. The van der Waals surface area contributed by atoms with Gasteiger partial charge >= 0.3 is 0 Å². The lowest BCUT2D eigenvalue weighted by molar-refractivity contribution is -0.123. The number of ether oxygens (including phenoxy) is 1. The summed E-state index contributed by atoms with van der Waals surface area (Å²) in [6, 6.07) is 11.2. The Labute approximate surface area is 143 Å². The summed E-state index contributed by atoms with van der Waals surface area (Å²) in [5.74, 6) is 0.110. The lowest BCUT2D eigenvalue weighted by Gasteiger charge is -2.07. The molecule has 2 rings (SSSR count). The minimum Gasteiger partial charge on any atom is -0.508 e. The van der Waals surface area contributed by atoms with E-state index < -0.39 is 5.91 Å². The van der Waals surface area contributed by atoms with Gasteiger partial charge in [-0.05, 0) is 55.0 Å². The van der Waals surface area contributed by atoms with Crippen molar-refractivity contribution in [2.75, 3.05) is 6.61 Å². The fraction of sp³-hybridized carbons (Fsp3) is 0.125. The zero-order valence-electron chi connectivity index (χ0n) is 12.2. The molecule has 2 N–H and O–H groups in total. The highest BCUT2D eigenvalue weighted by atomic mass is 35.5. The molecule has 0 aliphatic carbocycles. The van der Waals surface area contributed by atoms with Gasteiger partial charge in [0.25, 0.3) is 5.91 Å². The molecule has 0 aromatic heterocycles. The van der Waals surface area contributed by atoms with Crippen LogP contribution < -0.4 is 10.2 Å². The number of hydrogen-bond acceptors (Lipinski definition) is 4. The van der Waals surface area contributed by atoms with Crippen LogP contribution >= 0.6 is 23.2 Å². The molecule has 0 bridgehead atoms. The number of nitrogens with zero attached hydrogens (tertiary/aromatic N) is 1. The van der Waals surface area contributed by atoms with Crippen LogP contribution in [0.25, 0.3) is 0 Å². The standard InChI is InChI=1S/C16H14Cl2N2O3/c1-10(11-2-5-13(21)6-3-11)19-20-16(22)9-23-15-7-4-12(17)8-14(15)18/h2-8,21H,9H2,1H3,(H,20,22)/b19-10-. The third kappa shape index (κ3) is 5.16. The van der Waals surface area contributed by atoms with Crippen LogP contribution in [0, 0.1) is 0 Å². The molecule has 0 radical (unpaired) electrons. The summed E-state index contributed by atoms with van der Waals surface area (Å²) in [7, 11) is 0. The van der Waals surface area contributed by atoms with E-state index in [1.54, 1.807) is 43.3 Å². The number of phenols is 1. The highest BCUT2D eigenvalue weighted by Crippen LogP contribution is 2.27. The first-order valence-corrected chi connectivity index (χ1v) is 7.41. The van der Waals surface area contributed by atoms with E-state index in [-0.39, 0.29) is 12.4 Å². The SMILES string of the molecule is C/C(=N/NC(=O)COc1ccc(Cl)cc1Cl)c1ccc(O)cc1. The highest BCUT2D eigenvalue weighted by Gasteiger charge is 2.06. The first-order chi connectivity index (χ1) is 11.0. The number of carbonyl (C=O) groups excluding carboxylic acids is 1. The Kier molecular flexibility index (Phi) is 5.84. The summed E-state index contributed by atoms with van der Waals surface area (Å²) in [4.78, 5) is 11.7. The number of nitrogens with one attached hydrogen (secondary N) is 1. The van der Waals surface area contributed by atoms with Gasteiger partial charge in [-0.3, -0.25) is 4.79 Å². The van der Waals surface area contributed by atoms with Gasteiger partial charge in [-0.15, -0.1) is 0 Å². The topological polar surface area (TPSA) is 70.9 Å². The summed E-state index contributed by atoms with van der Waals surface area (Å²) in [6.45, 7) is 1.51. The van der Waals surface area contributed by atoms with E-state index >= 15 is 0 Å². The van der Waals surface area contributed by atoms with E-state index in [1.165, 1.54) is 6.07 Å². The molecule has 2 aromatic carbocycles. The van der Waals surface area contributed by atoms with Crippen LogP contribution in [0.4, 0.5) is 0 Å². The molecular formula is C16H14Cl2N2O3. The number of halogens is 2. The predicted octanol–water partition coefficient (Wildman–Crippen LogP) is 3.62. The average Bonchev–Trinajstić information content (AvgIpc) is 2.52. The zero-order chi connectivity index (χ0) is 16.8. The zero-order valence-corrected chi connectivity index (χ0v) is 13.7. The van der Waals surface area contributed by atoms with Crippen LogP contribution in [-0.2, 0) is 4.79 Å². The summed E-state index contributed by atoms with van der Waals surface area (Å²) in [5.41, 5.74) is 3.77. The molecule has 120 valence electrons. The van der Waals surface area contributed by atoms with E-state index in [4.69, 9.17) is 27.9 Å². The lowest BCUT2D eigenvalue weighted by Crippen LogP contribution is -2.25. The van der Waals surface area contributed by atoms with Crippen molar-refractivity contribution in [3.8, 4) is 11.5 Å². The Balaban J connectivity index is 1.89. The van der Waals surface area contributed by atoms with Crippen LogP contribution in [0.1, 0.15) is 12.5 Å². The van der Waals surface area contributed by atoms with Crippen LogP contribution in [0.5, 0.6) is 11.5 Å². The van der Waals surface area contributed by atoms with Gasteiger partial charge in [0.05, 0.1) is 10.7 Å². The lowest BCUT2D eigenvalue weighted by atomic mass is 10.1. The summed E-state index contributed by atoms with van der Waals surface area (Å²) in [6.07, 6.45) is 0. The Bertz CT molecular complexity index is 731. The number of amides is 1. The van der Waals surface area contributed by atoms with E-state index in [9.17, 15) is 9.90 Å². The molecule has 0 saturated heterocycles. The van der Waals surface area contributed by atoms with Gasteiger partial charge in [-0.25, -0.2) is 5.43 Å². The van der Waals surface area contributed by atoms with Crippen molar-refractivity contribution in [2.45, 2.75) is 6.92 Å². The number of hydrazone groups is 1. The molecule has 5 nitrogen and oxygen atoms in total. The molecule has 7 heteroatoms. The quantitative estimate of drug-likeness (QED) is 0.637. The maximum Gasteiger partial charge on any atom is 0.277 e. The van der Waals surface area contributed by atoms with E-state index in [2.05, 4.69) is 10.5 Å². The van der Waals surface area contributed by atoms with Crippen molar-refractivity contribution in [3.63, 3.8) is 0 Å². The molecule has 0 saturated carbocycles. The normalized spacial score (nSPS) is 11.2. The highest BCUT2D eigenvalue weighted by molar-refractivity contribution is 6.35. The van der Waals surface area contributed by atoms with Crippen LogP contribution in [0.3, 0.4) is 0 Å². The van der Waals surface area contributed by atoms with Gasteiger partial charge in [0, 0.05) is 5.02 Å². The summed E-state index contributed by atoms with van der Waals surface area (Å²) in [5, 5.41) is 14.0. The van der Waals surface area contributed by atoms with Gasteiger partial charge in [0.2, 0.25) is 0 Å². The number of phenolic OH excluding ortho intramolecular Hbond substituents is 1. The third-order valence-corrected chi connectivity index (χ3v) is 3.42. The van der Waals surface area contributed by atoms with Crippen molar-refractivity contribution >= 4 is 34.8 Å². The fourth-order valence-electron chi connectivity index (χ4n) is 1.68. The van der Waals surface area contributed by atoms with Gasteiger partial charge in [0.15, 0.2) is 6.61 Å². The van der Waals surface area contributed by atoms with Crippen LogP contribution in [-0.4, -0.2) is 23.3 Å². The monoisotopic (exact) mass is 352 g/mol. The molecule has 0 aliphatic heterocycles. The van der Waals surface area contributed by atoms with E-state index in [0.29, 0.717) is 21.5 Å². The fourth-order valence-corrected chi connectivity index (χ4v) is 2.14. The largest absolute Gasteiger partial charge is 0.508 e. The smallest absolute Gasteiger partial charge is 0.277 e. The molecule has 2 aromatic rings. The first-order valence-electron chi connectivity index (χ1n) is 6.66. The molecule has 0 unspecified atom stereocenters. The van der Waals surface area contributed by atoms with Gasteiger partial charge in [0.1, 0.15) is 11.5 Å². The maximum absolute atomic E-state index is 11.7. The third-order valence-electron chi connectivity index (χ3n) is 2.89. The number of carbonyl (C=O) groups is 1. The Morgan fingerprint density at radius 3 is 2.57 bits per heavy atom. The molecule has 0 spiro atoms. The molecule has 1 amide bonds. The molecule has 0 atom stereocenters. The Morgan fingerprint density at radius 2 is 1.91 bits per heavy atom. The molecule has 0 aliphatic rings. The number of aromatic hydroxyl groups is 1. The van der Waals surface area contributed by atoms with Crippen molar-refractivity contribution in [3.05, 3.63) is 58.1 Å². The van der Waals surface area contributed by atoms with Gasteiger partial charge in [-0.2, -0.15) is 5.10 Å². The maximum atomic E-state index is 11.7. The second-order valence-electron chi connectivity index (χ2n) is 4.64. The Morgan fingerprint density at radius 1 is 1.22 bits per heavy atom. The Hall–Kier alpha value is -2.24. The minimum atomic E-state index is -0.422. The molecule has 0 fully saturated rings. The van der Waals surface area contributed by atoms with Crippen molar-refractivity contribution in [2.24, 2.45) is 5.10 Å². The minimum absolute atomic E-state index is 0.166. The van der Waals surface area contributed by atoms with Crippen LogP contribution in [0.2, 0.25) is 10.0 Å². The summed E-state index contributed by atoms with van der Waals surface area (Å²) >= 11 is 11.7. The number of hydrogen-bond donors (Lipinski definition) is 2. The van der Waals surface area contributed by atoms with E-state index in [0.717, 1.165) is 5.56 Å². The van der Waals surface area contributed by atoms with Crippen molar-refractivity contribution in [1.82, 2.24) is 5.43 Å². The van der Waals surface area contributed by atoms with Crippen molar-refractivity contribution in [1.29, 1.82) is 0 Å². The average molecular weight is 353 g/mol. The second-order valence-corrected chi connectivity index (χ2v) is 5.49. The van der Waals surface area contributed by atoms with Gasteiger partial charge < -0.3 is 9.84 Å².